The number of ether oxygens (including phenoxy) is 1. The average molecular weight is 413 g/mol. The van der Waals surface area contributed by atoms with Gasteiger partial charge in [-0.15, -0.1) is 0 Å². The van der Waals surface area contributed by atoms with Crippen molar-refractivity contribution in [2.75, 3.05) is 39.4 Å². The quantitative estimate of drug-likeness (QED) is 0.554. The highest BCUT2D eigenvalue weighted by Crippen LogP contribution is 2.39. The molecule has 0 saturated carbocycles. The molecule has 150 valence electrons. The third-order valence-corrected chi connectivity index (χ3v) is 6.48. The van der Waals surface area contributed by atoms with Crippen LogP contribution in [0.4, 0.5) is 0 Å². The van der Waals surface area contributed by atoms with E-state index in [-0.39, 0.29) is 5.41 Å². The molecule has 0 aromatic heterocycles. The van der Waals surface area contributed by atoms with E-state index in [4.69, 9.17) is 33.7 Å². The van der Waals surface area contributed by atoms with Gasteiger partial charge in [-0.05, 0) is 56.5 Å². The van der Waals surface area contributed by atoms with Crippen LogP contribution in [0.3, 0.4) is 0 Å². The number of rotatable bonds is 6. The molecule has 1 aromatic rings. The number of aliphatic imine (C=N–C) groups is 1. The number of nitrogens with zero attached hydrogens (tertiary/aromatic N) is 2. The van der Waals surface area contributed by atoms with Gasteiger partial charge in [-0.25, -0.2) is 0 Å². The van der Waals surface area contributed by atoms with E-state index < -0.39 is 0 Å². The first-order valence-corrected chi connectivity index (χ1v) is 10.6. The smallest absolute Gasteiger partial charge is 0.188 e. The molecule has 3 rings (SSSR count). The van der Waals surface area contributed by atoms with Gasteiger partial charge in [0.1, 0.15) is 0 Å². The molecule has 0 radical (unpaired) electrons. The fraction of sp³-hybridized carbons (Fsp3) is 0.650. The van der Waals surface area contributed by atoms with Gasteiger partial charge in [0, 0.05) is 41.3 Å². The number of nitrogens with two attached hydrogens (primary N) is 1. The third-order valence-electron chi connectivity index (χ3n) is 5.93. The van der Waals surface area contributed by atoms with Crippen molar-refractivity contribution in [2.24, 2.45) is 10.7 Å². The minimum atomic E-state index is -0.158. The molecule has 2 heterocycles. The normalized spacial score (nSPS) is 23.5. The van der Waals surface area contributed by atoms with Crippen LogP contribution in [0.25, 0.3) is 0 Å². The van der Waals surface area contributed by atoms with E-state index in [9.17, 15) is 0 Å². The molecular formula is C20H30Cl2N4O. The largest absolute Gasteiger partial charge is 0.381 e. The van der Waals surface area contributed by atoms with Gasteiger partial charge >= 0.3 is 0 Å². The van der Waals surface area contributed by atoms with Crippen molar-refractivity contribution in [3.05, 3.63) is 33.8 Å². The topological polar surface area (TPSA) is 62.9 Å². The zero-order valence-corrected chi connectivity index (χ0v) is 17.5. The number of likely N-dealkylation sites (N-methyl/N-ethyl adjacent to an activating group) is 1. The van der Waals surface area contributed by atoms with Gasteiger partial charge in [0.15, 0.2) is 5.96 Å². The molecule has 27 heavy (non-hydrogen) atoms. The minimum Gasteiger partial charge on any atom is -0.381 e. The molecule has 1 unspecified atom stereocenters. The van der Waals surface area contributed by atoms with E-state index in [1.54, 1.807) is 6.07 Å². The number of nitrogens with one attached hydrogen (secondary N) is 1. The molecule has 0 bridgehead atoms. The highest BCUT2D eigenvalue weighted by Gasteiger charge is 2.36. The van der Waals surface area contributed by atoms with E-state index in [0.29, 0.717) is 41.8 Å². The van der Waals surface area contributed by atoms with Crippen molar-refractivity contribution in [3.63, 3.8) is 0 Å². The van der Waals surface area contributed by atoms with Gasteiger partial charge in [-0.3, -0.25) is 9.89 Å². The van der Waals surface area contributed by atoms with E-state index >= 15 is 0 Å². The molecule has 1 atom stereocenters. The van der Waals surface area contributed by atoms with Crippen LogP contribution in [-0.2, 0) is 10.2 Å². The summed E-state index contributed by atoms with van der Waals surface area (Å²) in [6.45, 7) is 7.32. The van der Waals surface area contributed by atoms with E-state index in [2.05, 4.69) is 22.1 Å². The summed E-state index contributed by atoms with van der Waals surface area (Å²) in [7, 11) is 0. The van der Waals surface area contributed by atoms with Gasteiger partial charge in [-0.2, -0.15) is 0 Å². The zero-order valence-electron chi connectivity index (χ0n) is 16.0. The lowest BCUT2D eigenvalue weighted by atomic mass is 9.74. The summed E-state index contributed by atoms with van der Waals surface area (Å²) < 4.78 is 5.59. The molecule has 7 heteroatoms. The first-order chi connectivity index (χ1) is 13.0. The molecule has 0 aliphatic carbocycles. The monoisotopic (exact) mass is 412 g/mol. The van der Waals surface area contributed by atoms with Crippen LogP contribution < -0.4 is 11.1 Å². The van der Waals surface area contributed by atoms with Crippen molar-refractivity contribution in [3.8, 4) is 0 Å². The Morgan fingerprint density at radius 3 is 2.85 bits per heavy atom. The summed E-state index contributed by atoms with van der Waals surface area (Å²) in [4.78, 5) is 7.18. The SMILES string of the molecule is CCN1CCCC1CNC(N)=NCC1(c2ccc(Cl)cc2Cl)CCOCC1. The van der Waals surface area contributed by atoms with Crippen LogP contribution in [0.1, 0.15) is 38.2 Å². The van der Waals surface area contributed by atoms with Crippen LogP contribution in [0.5, 0.6) is 0 Å². The molecule has 0 spiro atoms. The minimum absolute atomic E-state index is 0.158. The summed E-state index contributed by atoms with van der Waals surface area (Å²) in [5, 5.41) is 4.66. The lowest BCUT2D eigenvalue weighted by molar-refractivity contribution is 0.0531. The number of hydrogen-bond donors (Lipinski definition) is 2. The lowest BCUT2D eigenvalue weighted by Gasteiger charge is -2.37. The van der Waals surface area contributed by atoms with E-state index in [1.807, 2.05) is 12.1 Å². The van der Waals surface area contributed by atoms with Gasteiger partial charge < -0.3 is 15.8 Å². The zero-order chi connectivity index (χ0) is 19.3. The molecule has 0 amide bonds. The highest BCUT2D eigenvalue weighted by atomic mass is 35.5. The molecule has 1 aromatic carbocycles. The van der Waals surface area contributed by atoms with Crippen molar-refractivity contribution >= 4 is 29.2 Å². The van der Waals surface area contributed by atoms with E-state index in [1.165, 1.54) is 19.4 Å². The lowest BCUT2D eigenvalue weighted by Crippen LogP contribution is -2.44. The number of halogens is 2. The molecule has 2 aliphatic heterocycles. The number of hydrogen-bond acceptors (Lipinski definition) is 3. The molecule has 5 nitrogen and oxygen atoms in total. The molecule has 2 saturated heterocycles. The van der Waals surface area contributed by atoms with Crippen LogP contribution in [0, 0.1) is 0 Å². The fourth-order valence-electron chi connectivity index (χ4n) is 4.25. The Morgan fingerprint density at radius 1 is 1.37 bits per heavy atom. The van der Waals surface area contributed by atoms with Gasteiger partial charge in [-0.1, -0.05) is 36.2 Å². The van der Waals surface area contributed by atoms with Crippen LogP contribution in [0.15, 0.2) is 23.2 Å². The molecular weight excluding hydrogens is 383 g/mol. The second-order valence-electron chi connectivity index (χ2n) is 7.52. The first kappa shape index (κ1) is 20.7. The van der Waals surface area contributed by atoms with Crippen LogP contribution in [0.2, 0.25) is 10.0 Å². The van der Waals surface area contributed by atoms with Crippen LogP contribution >= 0.6 is 23.2 Å². The first-order valence-electron chi connectivity index (χ1n) is 9.85. The summed E-state index contributed by atoms with van der Waals surface area (Å²) in [6.07, 6.45) is 4.22. The number of guanidine groups is 1. The van der Waals surface area contributed by atoms with Gasteiger partial charge in [0.05, 0.1) is 6.54 Å². The maximum absolute atomic E-state index is 6.52. The van der Waals surface area contributed by atoms with E-state index in [0.717, 1.165) is 31.5 Å². The van der Waals surface area contributed by atoms with Crippen molar-refractivity contribution in [2.45, 2.75) is 44.1 Å². The molecule has 2 fully saturated rings. The maximum atomic E-state index is 6.52. The third kappa shape index (κ3) is 5.08. The average Bonchev–Trinajstić information content (AvgIpc) is 3.13. The maximum Gasteiger partial charge on any atom is 0.188 e. The Balaban J connectivity index is 1.68. The Labute approximate surface area is 172 Å². The second kappa shape index (κ2) is 9.46. The highest BCUT2D eigenvalue weighted by molar-refractivity contribution is 6.35. The molecule has 2 aliphatic rings. The molecule has 3 N–H and O–H groups in total. The summed E-state index contributed by atoms with van der Waals surface area (Å²) in [5.41, 5.74) is 7.12. The predicted octanol–water partition coefficient (Wildman–Crippen LogP) is 3.43. The Kier molecular flexibility index (Phi) is 7.26. The standard InChI is InChI=1S/C20H30Cl2N4O/c1-2-26-9-3-4-16(26)13-24-19(23)25-14-20(7-10-27-11-8-20)17-6-5-15(21)12-18(17)22/h5-6,12,16H,2-4,7-11,13-14H2,1H3,(H3,23,24,25). The van der Waals surface area contributed by atoms with Crippen molar-refractivity contribution in [1.82, 2.24) is 10.2 Å². The Bertz CT molecular complexity index is 661. The number of benzene rings is 1. The number of likely N-dealkylation sites (tertiary alicyclic amines) is 1. The summed E-state index contributed by atoms with van der Waals surface area (Å²) >= 11 is 12.6. The fourth-order valence-corrected chi connectivity index (χ4v) is 4.86. The summed E-state index contributed by atoms with van der Waals surface area (Å²) in [6, 6.07) is 6.27. The second-order valence-corrected chi connectivity index (χ2v) is 8.37. The van der Waals surface area contributed by atoms with Crippen molar-refractivity contribution < 1.29 is 4.74 Å². The summed E-state index contributed by atoms with van der Waals surface area (Å²) in [5.74, 6) is 0.508. The van der Waals surface area contributed by atoms with Gasteiger partial charge in [0.2, 0.25) is 0 Å². The Hall–Kier alpha value is -1.01. The predicted molar refractivity (Wildman–Crippen MR) is 113 cm³/mol. The van der Waals surface area contributed by atoms with Crippen LogP contribution in [-0.4, -0.2) is 56.3 Å². The van der Waals surface area contributed by atoms with Crippen molar-refractivity contribution in [1.29, 1.82) is 0 Å². The Morgan fingerprint density at radius 2 is 2.15 bits per heavy atom. The van der Waals surface area contributed by atoms with Gasteiger partial charge in [0.25, 0.3) is 0 Å².